The average Bonchev–Trinajstić information content (AvgIpc) is 3.00. The lowest BCUT2D eigenvalue weighted by Gasteiger charge is -2.08. The number of hydrogen-bond donors (Lipinski definition) is 0. The molecule has 130 valence electrons. The van der Waals surface area contributed by atoms with E-state index in [0.717, 1.165) is 34.0 Å². The van der Waals surface area contributed by atoms with Gasteiger partial charge in [0.15, 0.2) is 4.80 Å². The Morgan fingerprint density at radius 3 is 2.52 bits per heavy atom. The molecular weight excluding hydrogens is 396 g/mol. The Kier molecular flexibility index (Phi) is 6.79. The van der Waals surface area contributed by atoms with E-state index in [-0.39, 0.29) is 17.0 Å². The molecule has 0 bridgehead atoms. The Balaban J connectivity index is 0.00000225. The van der Waals surface area contributed by atoms with Gasteiger partial charge < -0.3 is 9.30 Å². The van der Waals surface area contributed by atoms with Gasteiger partial charge in [0.25, 0.3) is 0 Å². The second kappa shape index (κ2) is 8.83. The van der Waals surface area contributed by atoms with Gasteiger partial charge in [-0.2, -0.15) is 0 Å². The van der Waals surface area contributed by atoms with Crippen molar-refractivity contribution in [1.82, 2.24) is 4.57 Å². The van der Waals surface area contributed by atoms with Gasteiger partial charge in [-0.05, 0) is 48.4 Å². The van der Waals surface area contributed by atoms with E-state index in [2.05, 4.69) is 41.6 Å². The Hall–Kier alpha value is -2.11. The van der Waals surface area contributed by atoms with Crippen molar-refractivity contribution in [2.45, 2.75) is 13.5 Å². The zero-order valence-corrected chi connectivity index (χ0v) is 16.8. The van der Waals surface area contributed by atoms with Crippen molar-refractivity contribution >= 4 is 34.0 Å². The highest BCUT2D eigenvalue weighted by Gasteiger charge is 2.08. The largest absolute Gasteiger partial charge is 0.497 e. The van der Waals surface area contributed by atoms with Crippen molar-refractivity contribution in [3.05, 3.63) is 76.9 Å². The minimum atomic E-state index is 0. The van der Waals surface area contributed by atoms with Gasteiger partial charge in [0.05, 0.1) is 18.5 Å². The minimum absolute atomic E-state index is 0. The first-order valence-electron chi connectivity index (χ1n) is 7.77. The monoisotopic (exact) mass is 416 g/mol. The van der Waals surface area contributed by atoms with Crippen molar-refractivity contribution in [3.8, 4) is 17.0 Å². The number of ether oxygens (including phenoxy) is 1. The molecule has 2 aromatic carbocycles. The molecule has 0 saturated heterocycles. The molecule has 0 amide bonds. The van der Waals surface area contributed by atoms with E-state index in [0.29, 0.717) is 0 Å². The number of aromatic nitrogens is 1. The van der Waals surface area contributed by atoms with Crippen LogP contribution in [0.1, 0.15) is 5.56 Å². The Bertz CT molecular complexity index is 910. The zero-order chi connectivity index (χ0) is 16.9. The first kappa shape index (κ1) is 19.2. The van der Waals surface area contributed by atoms with E-state index in [4.69, 9.17) is 9.73 Å². The van der Waals surface area contributed by atoms with Crippen LogP contribution in [0.5, 0.6) is 5.75 Å². The fourth-order valence-corrected chi connectivity index (χ4v) is 3.44. The first-order valence-corrected chi connectivity index (χ1v) is 8.65. The molecule has 0 unspecified atom stereocenters. The van der Waals surface area contributed by atoms with Gasteiger partial charge in [0, 0.05) is 11.9 Å². The Labute approximate surface area is 162 Å². The van der Waals surface area contributed by atoms with E-state index in [9.17, 15) is 0 Å². The van der Waals surface area contributed by atoms with Gasteiger partial charge in [0.1, 0.15) is 5.75 Å². The van der Waals surface area contributed by atoms with Crippen LogP contribution in [0.25, 0.3) is 11.3 Å². The standard InChI is InChI=1S/C20H20N2OS.BrH/c1-4-13-22-19(16-9-11-17(23-3)12-10-16)14-24-20(22)21-18-8-6-5-7-15(18)2;/h4-12,14H,1,13H2,2-3H3;1H. The SMILES string of the molecule is Br.C=CCn1c(-c2ccc(OC)cc2)csc1=Nc1ccccc1C. The molecule has 1 aromatic heterocycles. The number of methoxy groups -OCH3 is 1. The third kappa shape index (κ3) is 4.30. The number of hydrogen-bond acceptors (Lipinski definition) is 3. The summed E-state index contributed by atoms with van der Waals surface area (Å²) in [6, 6.07) is 16.3. The number of benzene rings is 2. The summed E-state index contributed by atoms with van der Waals surface area (Å²) in [6.07, 6.45) is 1.90. The molecule has 0 N–H and O–H groups in total. The van der Waals surface area contributed by atoms with Gasteiger partial charge in [-0.15, -0.1) is 34.9 Å². The first-order chi connectivity index (χ1) is 11.7. The van der Waals surface area contributed by atoms with Crippen LogP contribution < -0.4 is 9.54 Å². The predicted octanol–water partition coefficient (Wildman–Crippen LogP) is 5.53. The van der Waals surface area contributed by atoms with Crippen LogP contribution >= 0.6 is 28.3 Å². The number of thiazole rings is 1. The minimum Gasteiger partial charge on any atom is -0.497 e. The Morgan fingerprint density at radius 1 is 1.16 bits per heavy atom. The van der Waals surface area contributed by atoms with Gasteiger partial charge in [-0.25, -0.2) is 4.99 Å². The molecule has 1 heterocycles. The Morgan fingerprint density at radius 2 is 1.88 bits per heavy atom. The molecule has 0 aliphatic rings. The lowest BCUT2D eigenvalue weighted by Crippen LogP contribution is -2.14. The molecule has 3 aromatic rings. The number of aryl methyl sites for hydroxylation is 1. The second-order valence-corrected chi connectivity index (χ2v) is 6.27. The molecule has 3 rings (SSSR count). The maximum atomic E-state index is 5.24. The molecule has 3 nitrogen and oxygen atoms in total. The third-order valence-electron chi connectivity index (χ3n) is 3.83. The fourth-order valence-electron chi connectivity index (χ4n) is 2.51. The topological polar surface area (TPSA) is 26.5 Å². The lowest BCUT2D eigenvalue weighted by molar-refractivity contribution is 0.415. The molecule has 0 aliphatic heterocycles. The van der Waals surface area contributed by atoms with Crippen molar-refractivity contribution in [2.75, 3.05) is 7.11 Å². The predicted molar refractivity (Wildman–Crippen MR) is 111 cm³/mol. The van der Waals surface area contributed by atoms with Crippen molar-refractivity contribution in [3.63, 3.8) is 0 Å². The zero-order valence-electron chi connectivity index (χ0n) is 14.3. The normalized spacial score (nSPS) is 11.0. The highest BCUT2D eigenvalue weighted by Crippen LogP contribution is 2.24. The molecule has 0 atom stereocenters. The third-order valence-corrected chi connectivity index (χ3v) is 4.69. The summed E-state index contributed by atoms with van der Waals surface area (Å²) in [6.45, 7) is 6.68. The highest BCUT2D eigenvalue weighted by molar-refractivity contribution is 8.93. The molecular formula is C20H21BrN2OS. The summed E-state index contributed by atoms with van der Waals surface area (Å²) in [5.41, 5.74) is 4.44. The van der Waals surface area contributed by atoms with Crippen LogP contribution in [-0.4, -0.2) is 11.7 Å². The van der Waals surface area contributed by atoms with Crippen molar-refractivity contribution in [2.24, 2.45) is 4.99 Å². The molecule has 0 saturated carbocycles. The van der Waals surface area contributed by atoms with Crippen LogP contribution in [0, 0.1) is 6.92 Å². The van der Waals surface area contributed by atoms with Crippen LogP contribution in [0.15, 0.2) is 71.6 Å². The average molecular weight is 417 g/mol. The number of nitrogens with zero attached hydrogens (tertiary/aromatic N) is 2. The van der Waals surface area contributed by atoms with Crippen LogP contribution in [0.4, 0.5) is 5.69 Å². The molecule has 0 spiro atoms. The van der Waals surface area contributed by atoms with E-state index >= 15 is 0 Å². The van der Waals surface area contributed by atoms with Crippen LogP contribution in [0.2, 0.25) is 0 Å². The number of rotatable bonds is 5. The molecule has 0 fully saturated rings. The van der Waals surface area contributed by atoms with E-state index in [1.54, 1.807) is 18.4 Å². The molecule has 0 aliphatic carbocycles. The van der Waals surface area contributed by atoms with E-state index in [1.165, 1.54) is 5.56 Å². The van der Waals surface area contributed by atoms with Gasteiger partial charge in [-0.1, -0.05) is 24.3 Å². The lowest BCUT2D eigenvalue weighted by atomic mass is 10.1. The second-order valence-electron chi connectivity index (χ2n) is 5.43. The number of para-hydroxylation sites is 1. The maximum Gasteiger partial charge on any atom is 0.190 e. The summed E-state index contributed by atoms with van der Waals surface area (Å²) in [4.78, 5) is 5.82. The molecule has 0 radical (unpaired) electrons. The maximum absolute atomic E-state index is 5.24. The summed E-state index contributed by atoms with van der Waals surface area (Å²) in [5.74, 6) is 0.856. The highest BCUT2D eigenvalue weighted by atomic mass is 79.9. The van der Waals surface area contributed by atoms with Gasteiger partial charge in [0.2, 0.25) is 0 Å². The van der Waals surface area contributed by atoms with Crippen LogP contribution in [-0.2, 0) is 6.54 Å². The van der Waals surface area contributed by atoms with Crippen LogP contribution in [0.3, 0.4) is 0 Å². The number of allylic oxidation sites excluding steroid dienone is 1. The molecule has 5 heteroatoms. The van der Waals surface area contributed by atoms with E-state index in [1.807, 2.05) is 36.4 Å². The summed E-state index contributed by atoms with van der Waals surface area (Å²) in [5, 5.41) is 2.14. The smallest absolute Gasteiger partial charge is 0.190 e. The van der Waals surface area contributed by atoms with E-state index < -0.39 is 0 Å². The quantitative estimate of drug-likeness (QED) is 0.502. The summed E-state index contributed by atoms with van der Waals surface area (Å²) < 4.78 is 7.43. The van der Waals surface area contributed by atoms with Gasteiger partial charge >= 0.3 is 0 Å². The fraction of sp³-hybridized carbons (Fsp3) is 0.150. The number of halogens is 1. The molecule has 25 heavy (non-hydrogen) atoms. The summed E-state index contributed by atoms with van der Waals surface area (Å²) >= 11 is 1.64. The van der Waals surface area contributed by atoms with Crippen molar-refractivity contribution in [1.29, 1.82) is 0 Å². The van der Waals surface area contributed by atoms with Gasteiger partial charge in [-0.3, -0.25) is 0 Å². The van der Waals surface area contributed by atoms with Crippen molar-refractivity contribution < 1.29 is 4.74 Å². The summed E-state index contributed by atoms with van der Waals surface area (Å²) in [7, 11) is 1.68.